The molecule has 25 heavy (non-hydrogen) atoms. The minimum atomic E-state index is -0.283. The smallest absolute Gasteiger partial charge is 0.139 e. The first-order valence-corrected chi connectivity index (χ1v) is 9.65. The third-order valence-electron chi connectivity index (χ3n) is 5.00. The number of anilines is 1. The van der Waals surface area contributed by atoms with Crippen molar-refractivity contribution in [2.45, 2.75) is 19.9 Å². The Morgan fingerprint density at radius 2 is 1.92 bits per heavy atom. The van der Waals surface area contributed by atoms with E-state index in [1.54, 1.807) is 6.07 Å². The predicted octanol–water partition coefficient (Wildman–Crippen LogP) is 3.82. The van der Waals surface area contributed by atoms with Crippen molar-refractivity contribution in [3.63, 3.8) is 0 Å². The van der Waals surface area contributed by atoms with Gasteiger partial charge in [-0.05, 0) is 47.1 Å². The summed E-state index contributed by atoms with van der Waals surface area (Å²) in [5.74, 6) is 1.08. The summed E-state index contributed by atoms with van der Waals surface area (Å²) in [7, 11) is 2.18. The van der Waals surface area contributed by atoms with Crippen molar-refractivity contribution in [3.05, 3.63) is 34.6 Å². The Morgan fingerprint density at radius 1 is 1.20 bits per heavy atom. The molecule has 1 aliphatic heterocycles. The van der Waals surface area contributed by atoms with E-state index < -0.39 is 0 Å². The molecule has 4 nitrogen and oxygen atoms in total. The first-order valence-electron chi connectivity index (χ1n) is 8.86. The Labute approximate surface area is 157 Å². The molecule has 0 amide bonds. The highest BCUT2D eigenvalue weighted by molar-refractivity contribution is 9.10. The number of nitrogens with zero attached hydrogens (tertiary/aromatic N) is 3. The molecular formula is C19H26BrFN4. The molecule has 1 fully saturated rings. The van der Waals surface area contributed by atoms with Gasteiger partial charge in [0.15, 0.2) is 0 Å². The zero-order valence-electron chi connectivity index (χ0n) is 15.1. The maximum absolute atomic E-state index is 13.8. The fourth-order valence-electron chi connectivity index (χ4n) is 3.37. The molecule has 1 aromatic carbocycles. The highest BCUT2D eigenvalue weighted by atomic mass is 79.9. The molecule has 1 atom stereocenters. The van der Waals surface area contributed by atoms with E-state index in [4.69, 9.17) is 0 Å². The van der Waals surface area contributed by atoms with Gasteiger partial charge in [-0.25, -0.2) is 9.37 Å². The number of halogens is 2. The Kier molecular flexibility index (Phi) is 5.92. The zero-order chi connectivity index (χ0) is 18.0. The Hall–Kier alpha value is -1.24. The topological polar surface area (TPSA) is 31.4 Å². The van der Waals surface area contributed by atoms with Gasteiger partial charge in [-0.3, -0.25) is 4.90 Å². The van der Waals surface area contributed by atoms with Crippen LogP contribution in [0.3, 0.4) is 0 Å². The van der Waals surface area contributed by atoms with Gasteiger partial charge >= 0.3 is 0 Å². The molecule has 1 saturated heterocycles. The van der Waals surface area contributed by atoms with Gasteiger partial charge in [0.25, 0.3) is 0 Å². The third-order valence-corrected chi connectivity index (χ3v) is 5.61. The fourth-order valence-corrected chi connectivity index (χ4v) is 3.73. The first kappa shape index (κ1) is 18.5. The van der Waals surface area contributed by atoms with Crippen LogP contribution in [0.15, 0.2) is 28.7 Å². The van der Waals surface area contributed by atoms with Gasteiger partial charge in [-0.1, -0.05) is 13.8 Å². The molecular weight excluding hydrogens is 383 g/mol. The van der Waals surface area contributed by atoms with Crippen molar-refractivity contribution in [1.82, 2.24) is 14.8 Å². The maximum atomic E-state index is 13.8. The molecule has 2 heterocycles. The van der Waals surface area contributed by atoms with E-state index in [-0.39, 0.29) is 5.82 Å². The van der Waals surface area contributed by atoms with Crippen LogP contribution in [0.5, 0.6) is 0 Å². The van der Waals surface area contributed by atoms with Crippen LogP contribution in [-0.2, 0) is 0 Å². The zero-order valence-corrected chi connectivity index (χ0v) is 16.7. The van der Waals surface area contributed by atoms with Crippen LogP contribution >= 0.6 is 15.9 Å². The summed E-state index contributed by atoms with van der Waals surface area (Å²) in [6, 6.07) is 7.66. The molecule has 1 unspecified atom stereocenters. The van der Waals surface area contributed by atoms with Crippen molar-refractivity contribution in [3.8, 4) is 0 Å². The predicted molar refractivity (Wildman–Crippen MR) is 106 cm³/mol. The summed E-state index contributed by atoms with van der Waals surface area (Å²) in [5.41, 5.74) is 0.673. The SMILES string of the molecule is CC(C)C(CNc1ccc2cc(Br)c(F)cc2n1)N1CCN(C)CC1. The molecule has 6 heteroatoms. The minimum absolute atomic E-state index is 0.283. The molecule has 0 spiro atoms. The normalized spacial score (nSPS) is 18.0. The van der Waals surface area contributed by atoms with E-state index in [2.05, 4.69) is 56.9 Å². The van der Waals surface area contributed by atoms with Crippen molar-refractivity contribution >= 4 is 32.7 Å². The Balaban J connectivity index is 1.70. The maximum Gasteiger partial charge on any atom is 0.139 e. The number of nitrogens with one attached hydrogen (secondary N) is 1. The van der Waals surface area contributed by atoms with E-state index in [1.165, 1.54) is 6.07 Å². The van der Waals surface area contributed by atoms with Gasteiger partial charge in [0.1, 0.15) is 11.6 Å². The van der Waals surface area contributed by atoms with Gasteiger partial charge in [0, 0.05) is 50.2 Å². The van der Waals surface area contributed by atoms with Gasteiger partial charge in [0.05, 0.1) is 9.99 Å². The van der Waals surface area contributed by atoms with Crippen LogP contribution in [0.25, 0.3) is 10.9 Å². The van der Waals surface area contributed by atoms with E-state index in [9.17, 15) is 4.39 Å². The van der Waals surface area contributed by atoms with Gasteiger partial charge < -0.3 is 10.2 Å². The van der Waals surface area contributed by atoms with Crippen molar-refractivity contribution < 1.29 is 4.39 Å². The van der Waals surface area contributed by atoms with Crippen LogP contribution in [-0.4, -0.2) is 60.6 Å². The second-order valence-electron chi connectivity index (χ2n) is 7.19. The molecule has 2 aromatic rings. The van der Waals surface area contributed by atoms with Gasteiger partial charge in [0.2, 0.25) is 0 Å². The van der Waals surface area contributed by atoms with Crippen molar-refractivity contribution in [1.29, 1.82) is 0 Å². The van der Waals surface area contributed by atoms with Crippen LogP contribution in [0.4, 0.5) is 10.2 Å². The molecule has 1 aliphatic rings. The molecule has 0 bridgehead atoms. The average Bonchev–Trinajstić information content (AvgIpc) is 2.57. The summed E-state index contributed by atoms with van der Waals surface area (Å²) in [6.45, 7) is 9.82. The Morgan fingerprint density at radius 3 is 2.60 bits per heavy atom. The van der Waals surface area contributed by atoms with Gasteiger partial charge in [-0.2, -0.15) is 0 Å². The number of hydrogen-bond acceptors (Lipinski definition) is 4. The van der Waals surface area contributed by atoms with Crippen molar-refractivity contribution in [2.24, 2.45) is 5.92 Å². The van der Waals surface area contributed by atoms with Crippen LogP contribution < -0.4 is 5.32 Å². The lowest BCUT2D eigenvalue weighted by Crippen LogP contribution is -2.52. The lowest BCUT2D eigenvalue weighted by molar-refractivity contribution is 0.0944. The molecule has 0 radical (unpaired) electrons. The number of fused-ring (bicyclic) bond motifs is 1. The lowest BCUT2D eigenvalue weighted by Gasteiger charge is -2.40. The van der Waals surface area contributed by atoms with Gasteiger partial charge in [-0.15, -0.1) is 0 Å². The fraction of sp³-hybridized carbons (Fsp3) is 0.526. The number of aromatic nitrogens is 1. The lowest BCUT2D eigenvalue weighted by atomic mass is 10.0. The van der Waals surface area contributed by atoms with Crippen LogP contribution in [0.2, 0.25) is 0 Å². The third kappa shape index (κ3) is 4.49. The standard InChI is InChI=1S/C19H26BrFN4/c1-13(2)18(25-8-6-24(3)7-9-25)12-22-19-5-4-14-10-15(20)16(21)11-17(14)23-19/h4-5,10-11,13,18H,6-9,12H2,1-3H3,(H,22,23). The number of piperazine rings is 1. The monoisotopic (exact) mass is 408 g/mol. The van der Waals surface area contributed by atoms with E-state index in [1.807, 2.05) is 12.1 Å². The molecule has 0 aliphatic carbocycles. The molecule has 1 aromatic heterocycles. The molecule has 3 rings (SSSR count). The summed E-state index contributed by atoms with van der Waals surface area (Å²) >= 11 is 3.22. The van der Waals surface area contributed by atoms with Crippen LogP contribution in [0.1, 0.15) is 13.8 Å². The second kappa shape index (κ2) is 7.98. The van der Waals surface area contributed by atoms with E-state index in [0.29, 0.717) is 21.9 Å². The van der Waals surface area contributed by atoms with Crippen molar-refractivity contribution in [2.75, 3.05) is 45.1 Å². The van der Waals surface area contributed by atoms with Crippen LogP contribution in [0, 0.1) is 11.7 Å². The molecule has 0 saturated carbocycles. The highest BCUT2D eigenvalue weighted by Gasteiger charge is 2.24. The molecule has 136 valence electrons. The Bertz CT molecular complexity index is 729. The summed E-state index contributed by atoms with van der Waals surface area (Å²) < 4.78 is 14.2. The first-order chi connectivity index (χ1) is 11.9. The summed E-state index contributed by atoms with van der Waals surface area (Å²) in [5, 5.41) is 4.39. The highest BCUT2D eigenvalue weighted by Crippen LogP contribution is 2.23. The number of pyridine rings is 1. The quantitative estimate of drug-likeness (QED) is 0.814. The summed E-state index contributed by atoms with van der Waals surface area (Å²) in [4.78, 5) is 9.51. The van der Waals surface area contributed by atoms with E-state index in [0.717, 1.165) is 43.9 Å². The van der Waals surface area contributed by atoms with E-state index >= 15 is 0 Å². The minimum Gasteiger partial charge on any atom is -0.368 e. The average molecular weight is 409 g/mol. The molecule has 1 N–H and O–H groups in total. The number of hydrogen-bond donors (Lipinski definition) is 1. The number of likely N-dealkylation sites (N-methyl/N-ethyl adjacent to an activating group) is 1. The number of rotatable bonds is 5. The summed E-state index contributed by atoms with van der Waals surface area (Å²) in [6.07, 6.45) is 0. The largest absolute Gasteiger partial charge is 0.368 e. The second-order valence-corrected chi connectivity index (χ2v) is 8.04. The number of benzene rings is 1.